The molecule has 5 rings (SSSR count). The van der Waals surface area contributed by atoms with Gasteiger partial charge in [0.05, 0.1) is 24.3 Å². The number of hydrogen-bond acceptors (Lipinski definition) is 8. The van der Waals surface area contributed by atoms with Crippen LogP contribution in [0.2, 0.25) is 0 Å². The van der Waals surface area contributed by atoms with E-state index in [0.29, 0.717) is 13.2 Å². The van der Waals surface area contributed by atoms with Crippen molar-refractivity contribution in [1.82, 2.24) is 4.90 Å². The van der Waals surface area contributed by atoms with Crippen LogP contribution in [0.3, 0.4) is 0 Å². The minimum absolute atomic E-state index is 0.130. The second-order valence-corrected chi connectivity index (χ2v) is 14.7. The van der Waals surface area contributed by atoms with Gasteiger partial charge in [-0.15, -0.1) is 6.58 Å². The van der Waals surface area contributed by atoms with Crippen LogP contribution in [0.4, 0.5) is 0 Å². The fraction of sp³-hybridized carbons (Fsp3) is 0.388. The molecule has 0 saturated carbocycles. The van der Waals surface area contributed by atoms with Crippen LogP contribution in [0, 0.1) is 0 Å². The van der Waals surface area contributed by atoms with Gasteiger partial charge in [0.2, 0.25) is 12.2 Å². The van der Waals surface area contributed by atoms with E-state index in [1.807, 2.05) is 48.5 Å². The second kappa shape index (κ2) is 22.9. The van der Waals surface area contributed by atoms with Gasteiger partial charge in [0, 0.05) is 6.54 Å². The van der Waals surface area contributed by atoms with Crippen LogP contribution in [-0.4, -0.2) is 60.6 Å². The smallest absolute Gasteiger partial charge is 0.339 e. The van der Waals surface area contributed by atoms with E-state index in [4.69, 9.17) is 18.9 Å². The number of nitrogens with zero attached hydrogens (tertiary/aromatic N) is 1. The van der Waals surface area contributed by atoms with Gasteiger partial charge < -0.3 is 18.9 Å². The lowest BCUT2D eigenvalue weighted by atomic mass is 10.0. The van der Waals surface area contributed by atoms with Gasteiger partial charge in [-0.1, -0.05) is 133 Å². The molecule has 0 N–H and O–H groups in total. The average molecular weight is 788 g/mol. The van der Waals surface area contributed by atoms with Gasteiger partial charge in [-0.05, 0) is 83.6 Å². The van der Waals surface area contributed by atoms with Crippen molar-refractivity contribution in [3.63, 3.8) is 0 Å². The number of rotatable bonds is 24. The molecule has 4 aromatic carbocycles. The summed E-state index contributed by atoms with van der Waals surface area (Å²) in [5.74, 6) is -1.64. The summed E-state index contributed by atoms with van der Waals surface area (Å²) in [6, 6.07) is 29.0. The maximum absolute atomic E-state index is 13.3. The molecule has 58 heavy (non-hydrogen) atoms. The SMILES string of the molecule is C=CCN1C(=O)[C@H](OC(=O)c2ccc(-c3ccc(OCCCCCCCC)cc3)cc2)[C@@H](OC(=O)c2ccc(-c3ccc(OCCCCCCCC)cc3)cc2)C1=O. The highest BCUT2D eigenvalue weighted by Crippen LogP contribution is 2.27. The molecule has 0 radical (unpaired) electrons. The normalized spacial score (nSPS) is 15.0. The maximum Gasteiger partial charge on any atom is 0.339 e. The third-order valence-corrected chi connectivity index (χ3v) is 10.2. The molecule has 9 nitrogen and oxygen atoms in total. The number of likely N-dealkylation sites (tertiary alicyclic amines) is 1. The Morgan fingerprint density at radius 3 is 1.19 bits per heavy atom. The van der Waals surface area contributed by atoms with E-state index in [1.165, 1.54) is 57.4 Å². The summed E-state index contributed by atoms with van der Waals surface area (Å²) in [5, 5.41) is 0. The number of carbonyl (C=O) groups excluding carboxylic acids is 4. The molecule has 1 saturated heterocycles. The standard InChI is InChI=1S/C49H57NO8/c1-4-7-9-11-13-15-34-55-42-29-25-38(26-30-42)36-17-21-40(22-18-36)48(53)57-44-45(47(52)50(33-6-3)46(44)51)58-49(54)41-23-19-37(20-24-41)39-27-31-43(32-28-39)56-35-16-14-12-10-8-5-2/h6,17-32,44-45H,3-5,7-16,33-35H2,1-2H3/t44-,45-/m1/s1. The Hall–Kier alpha value is -5.70. The third-order valence-electron chi connectivity index (χ3n) is 10.2. The van der Waals surface area contributed by atoms with Crippen molar-refractivity contribution in [2.75, 3.05) is 19.8 Å². The summed E-state index contributed by atoms with van der Waals surface area (Å²) < 4.78 is 23.0. The van der Waals surface area contributed by atoms with Crippen molar-refractivity contribution in [2.24, 2.45) is 0 Å². The van der Waals surface area contributed by atoms with Gasteiger partial charge >= 0.3 is 11.9 Å². The zero-order chi connectivity index (χ0) is 41.1. The molecule has 2 amide bonds. The summed E-state index contributed by atoms with van der Waals surface area (Å²) in [5.41, 5.74) is 3.94. The van der Waals surface area contributed by atoms with Crippen LogP contribution in [0.5, 0.6) is 11.5 Å². The van der Waals surface area contributed by atoms with Crippen molar-refractivity contribution < 1.29 is 38.1 Å². The van der Waals surface area contributed by atoms with Crippen LogP contribution in [0.25, 0.3) is 22.3 Å². The minimum atomic E-state index is -1.66. The molecule has 1 aliphatic heterocycles. The molecule has 2 atom stereocenters. The summed E-state index contributed by atoms with van der Waals surface area (Å²) >= 11 is 0. The zero-order valence-electron chi connectivity index (χ0n) is 34.0. The summed E-state index contributed by atoms with van der Waals surface area (Å²) in [4.78, 5) is 54.2. The molecule has 0 unspecified atom stereocenters. The highest BCUT2D eigenvalue weighted by molar-refractivity contribution is 6.10. The van der Waals surface area contributed by atoms with Crippen LogP contribution in [-0.2, 0) is 19.1 Å². The van der Waals surface area contributed by atoms with Crippen molar-refractivity contribution >= 4 is 23.8 Å². The second-order valence-electron chi connectivity index (χ2n) is 14.7. The number of imide groups is 1. The van der Waals surface area contributed by atoms with Gasteiger partial charge in [-0.25, -0.2) is 9.59 Å². The number of unbranched alkanes of at least 4 members (excludes halogenated alkanes) is 10. The first kappa shape index (κ1) is 43.4. The van der Waals surface area contributed by atoms with E-state index < -0.39 is 36.0 Å². The number of hydrogen-bond donors (Lipinski definition) is 0. The Morgan fingerprint density at radius 1 is 0.517 bits per heavy atom. The van der Waals surface area contributed by atoms with E-state index in [0.717, 1.165) is 64.3 Å². The van der Waals surface area contributed by atoms with Crippen LogP contribution in [0.1, 0.15) is 112 Å². The fourth-order valence-corrected chi connectivity index (χ4v) is 6.80. The molecule has 9 heteroatoms. The molecule has 0 aliphatic carbocycles. The fourth-order valence-electron chi connectivity index (χ4n) is 6.80. The topological polar surface area (TPSA) is 108 Å². The Kier molecular flexibility index (Phi) is 17.1. The summed E-state index contributed by atoms with van der Waals surface area (Å²) in [6.45, 7) is 9.28. The van der Waals surface area contributed by atoms with Crippen molar-refractivity contribution in [3.05, 3.63) is 121 Å². The Balaban J connectivity index is 1.15. The molecule has 4 aromatic rings. The molecule has 1 aliphatic rings. The Bertz CT molecular complexity index is 1780. The maximum atomic E-state index is 13.3. The first-order valence-electron chi connectivity index (χ1n) is 20.9. The first-order chi connectivity index (χ1) is 28.3. The lowest BCUT2D eigenvalue weighted by Crippen LogP contribution is -2.37. The molecule has 0 bridgehead atoms. The highest BCUT2D eigenvalue weighted by atomic mass is 16.6. The monoisotopic (exact) mass is 787 g/mol. The molecular weight excluding hydrogens is 731 g/mol. The Labute approximate surface area is 343 Å². The highest BCUT2D eigenvalue weighted by Gasteiger charge is 2.52. The predicted molar refractivity (Wildman–Crippen MR) is 227 cm³/mol. The van der Waals surface area contributed by atoms with E-state index in [9.17, 15) is 19.2 Å². The number of amides is 2. The van der Waals surface area contributed by atoms with Gasteiger partial charge in [-0.2, -0.15) is 0 Å². The zero-order valence-corrected chi connectivity index (χ0v) is 34.0. The van der Waals surface area contributed by atoms with Crippen molar-refractivity contribution in [3.8, 4) is 33.8 Å². The largest absolute Gasteiger partial charge is 0.494 e. The van der Waals surface area contributed by atoms with Crippen molar-refractivity contribution in [2.45, 2.75) is 103 Å². The van der Waals surface area contributed by atoms with Gasteiger partial charge in [0.25, 0.3) is 11.8 Å². The summed E-state index contributed by atoms with van der Waals surface area (Å²) in [7, 11) is 0. The number of benzene rings is 4. The average Bonchev–Trinajstić information content (AvgIpc) is 3.46. The molecule has 0 aromatic heterocycles. The summed E-state index contributed by atoms with van der Waals surface area (Å²) in [6.07, 6.45) is 12.5. The first-order valence-corrected chi connectivity index (χ1v) is 20.9. The van der Waals surface area contributed by atoms with Gasteiger partial charge in [0.15, 0.2) is 0 Å². The Morgan fingerprint density at radius 2 is 0.845 bits per heavy atom. The molecule has 306 valence electrons. The van der Waals surface area contributed by atoms with Crippen molar-refractivity contribution in [1.29, 1.82) is 0 Å². The molecule has 1 heterocycles. The lowest BCUT2D eigenvalue weighted by molar-refractivity contribution is -0.140. The van der Waals surface area contributed by atoms with E-state index >= 15 is 0 Å². The van der Waals surface area contributed by atoms with Crippen LogP contribution < -0.4 is 9.47 Å². The van der Waals surface area contributed by atoms with Crippen LogP contribution >= 0.6 is 0 Å². The molecule has 0 spiro atoms. The van der Waals surface area contributed by atoms with E-state index in [2.05, 4.69) is 20.4 Å². The third kappa shape index (κ3) is 12.4. The number of ether oxygens (including phenoxy) is 4. The minimum Gasteiger partial charge on any atom is -0.494 e. The number of esters is 2. The van der Waals surface area contributed by atoms with Crippen LogP contribution in [0.15, 0.2) is 110 Å². The quantitative estimate of drug-likeness (QED) is 0.0299. The van der Waals surface area contributed by atoms with E-state index in [1.54, 1.807) is 48.5 Å². The van der Waals surface area contributed by atoms with Gasteiger partial charge in [-0.3, -0.25) is 14.5 Å². The lowest BCUT2D eigenvalue weighted by Gasteiger charge is -2.17. The predicted octanol–water partition coefficient (Wildman–Crippen LogP) is 10.8. The van der Waals surface area contributed by atoms with E-state index in [-0.39, 0.29) is 17.7 Å². The molecule has 1 fully saturated rings. The number of carbonyl (C=O) groups is 4. The van der Waals surface area contributed by atoms with Gasteiger partial charge in [0.1, 0.15) is 11.5 Å². The molecular formula is C49H57NO8.